The zero-order valence-corrected chi connectivity index (χ0v) is 8.88. The predicted molar refractivity (Wildman–Crippen MR) is 57.1 cm³/mol. The molecule has 4 N–H and O–H groups in total. The summed E-state index contributed by atoms with van der Waals surface area (Å²) in [6.07, 6.45) is 5.29. The molecule has 1 aliphatic rings. The molecular formula is C10H21N3O. The number of rotatable bonds is 5. The number of hydrogen-bond acceptors (Lipinski definition) is 2. The second-order valence-corrected chi connectivity index (χ2v) is 3.93. The molecule has 0 aliphatic heterocycles. The third-order valence-electron chi connectivity index (χ3n) is 2.78. The van der Waals surface area contributed by atoms with Gasteiger partial charge in [-0.3, -0.25) is 0 Å². The van der Waals surface area contributed by atoms with E-state index in [1.165, 1.54) is 6.42 Å². The lowest BCUT2D eigenvalue weighted by molar-refractivity contribution is 0.223. The van der Waals surface area contributed by atoms with E-state index in [1.807, 2.05) is 0 Å². The topological polar surface area (TPSA) is 67.1 Å². The molecule has 0 spiro atoms. The molecule has 1 fully saturated rings. The highest BCUT2D eigenvalue weighted by Gasteiger charge is 2.20. The number of hydrogen-bond donors (Lipinski definition) is 3. The molecule has 4 heteroatoms. The molecule has 1 rings (SSSR count). The monoisotopic (exact) mass is 199 g/mol. The summed E-state index contributed by atoms with van der Waals surface area (Å²) in [6.45, 7) is 2.69. The highest BCUT2D eigenvalue weighted by Crippen LogP contribution is 2.17. The third kappa shape index (κ3) is 3.54. The highest BCUT2D eigenvalue weighted by atomic mass is 16.2. The maximum absolute atomic E-state index is 11.4. The van der Waals surface area contributed by atoms with Gasteiger partial charge in [0.25, 0.3) is 0 Å². The van der Waals surface area contributed by atoms with E-state index in [0.717, 1.165) is 25.7 Å². The second-order valence-electron chi connectivity index (χ2n) is 3.93. The van der Waals surface area contributed by atoms with Crippen molar-refractivity contribution in [3.8, 4) is 0 Å². The quantitative estimate of drug-likeness (QED) is 0.617. The van der Waals surface area contributed by atoms with Crippen LogP contribution in [0.1, 0.15) is 39.0 Å². The first-order valence-corrected chi connectivity index (χ1v) is 5.53. The van der Waals surface area contributed by atoms with Crippen LogP contribution in [0.3, 0.4) is 0 Å². The molecule has 0 aromatic heterocycles. The minimum Gasteiger partial charge on any atom is -0.335 e. The molecule has 2 amide bonds. The number of nitrogens with one attached hydrogen (secondary N) is 2. The second kappa shape index (κ2) is 5.86. The van der Waals surface area contributed by atoms with Crippen molar-refractivity contribution in [2.75, 3.05) is 6.54 Å². The van der Waals surface area contributed by atoms with Crippen LogP contribution in [0.5, 0.6) is 0 Å². The Kier molecular flexibility index (Phi) is 4.73. The zero-order chi connectivity index (χ0) is 10.4. The zero-order valence-electron chi connectivity index (χ0n) is 8.88. The molecule has 0 heterocycles. The Morgan fingerprint density at radius 3 is 2.71 bits per heavy atom. The maximum Gasteiger partial charge on any atom is 0.315 e. The smallest absolute Gasteiger partial charge is 0.315 e. The van der Waals surface area contributed by atoms with E-state index in [-0.39, 0.29) is 12.1 Å². The summed E-state index contributed by atoms with van der Waals surface area (Å²) in [5.74, 6) is 0. The van der Waals surface area contributed by atoms with Crippen LogP contribution in [0, 0.1) is 0 Å². The van der Waals surface area contributed by atoms with E-state index in [2.05, 4.69) is 17.6 Å². The van der Waals surface area contributed by atoms with Gasteiger partial charge in [0, 0.05) is 12.1 Å². The first kappa shape index (κ1) is 11.3. The van der Waals surface area contributed by atoms with Gasteiger partial charge in [-0.05, 0) is 38.6 Å². The molecular weight excluding hydrogens is 178 g/mol. The Hall–Kier alpha value is -0.770. The van der Waals surface area contributed by atoms with Crippen LogP contribution >= 0.6 is 0 Å². The average Bonchev–Trinajstić information content (AvgIpc) is 2.11. The average molecular weight is 199 g/mol. The van der Waals surface area contributed by atoms with Gasteiger partial charge in [0.1, 0.15) is 0 Å². The lowest BCUT2D eigenvalue weighted by atomic mass is 9.93. The minimum atomic E-state index is -0.0324. The Bertz CT molecular complexity index is 180. The Balaban J connectivity index is 2.15. The molecule has 1 aliphatic carbocycles. The van der Waals surface area contributed by atoms with Crippen molar-refractivity contribution in [1.82, 2.24) is 10.6 Å². The Morgan fingerprint density at radius 1 is 1.57 bits per heavy atom. The molecule has 0 bridgehead atoms. The number of carbonyl (C=O) groups is 1. The minimum absolute atomic E-state index is 0.0324. The fraction of sp³-hybridized carbons (Fsp3) is 0.900. The summed E-state index contributed by atoms with van der Waals surface area (Å²) in [4.78, 5) is 11.4. The van der Waals surface area contributed by atoms with Crippen molar-refractivity contribution < 1.29 is 4.79 Å². The van der Waals surface area contributed by atoms with Gasteiger partial charge in [0.15, 0.2) is 0 Å². The van der Waals surface area contributed by atoms with E-state index < -0.39 is 0 Å². The molecule has 4 nitrogen and oxygen atoms in total. The molecule has 14 heavy (non-hydrogen) atoms. The van der Waals surface area contributed by atoms with Crippen LogP contribution < -0.4 is 16.4 Å². The van der Waals surface area contributed by atoms with Crippen LogP contribution in [-0.2, 0) is 0 Å². The van der Waals surface area contributed by atoms with Crippen LogP contribution in [0.2, 0.25) is 0 Å². The summed E-state index contributed by atoms with van der Waals surface area (Å²) >= 11 is 0. The molecule has 0 saturated heterocycles. The lowest BCUT2D eigenvalue weighted by Crippen LogP contribution is -2.48. The lowest BCUT2D eigenvalue weighted by Gasteiger charge is -2.27. The van der Waals surface area contributed by atoms with E-state index in [1.54, 1.807) is 0 Å². The van der Waals surface area contributed by atoms with Crippen molar-refractivity contribution in [2.45, 2.75) is 51.1 Å². The first-order chi connectivity index (χ1) is 6.76. The standard InChI is InChI=1S/C10H21N3O/c1-2-8(6-7-11)12-10(14)13-9-4-3-5-9/h8-9H,2-7,11H2,1H3,(H2,12,13,14). The number of amides is 2. The number of nitrogens with two attached hydrogens (primary N) is 1. The maximum atomic E-state index is 11.4. The summed E-state index contributed by atoms with van der Waals surface area (Å²) < 4.78 is 0. The summed E-state index contributed by atoms with van der Waals surface area (Å²) in [5, 5.41) is 5.89. The summed E-state index contributed by atoms with van der Waals surface area (Å²) in [5.41, 5.74) is 5.45. The van der Waals surface area contributed by atoms with Gasteiger partial charge in [0.2, 0.25) is 0 Å². The van der Waals surface area contributed by atoms with Gasteiger partial charge < -0.3 is 16.4 Å². The van der Waals surface area contributed by atoms with Gasteiger partial charge in [0.05, 0.1) is 0 Å². The predicted octanol–water partition coefficient (Wildman–Crippen LogP) is 0.966. The fourth-order valence-corrected chi connectivity index (χ4v) is 1.54. The van der Waals surface area contributed by atoms with Crippen molar-refractivity contribution in [1.29, 1.82) is 0 Å². The van der Waals surface area contributed by atoms with E-state index in [9.17, 15) is 4.79 Å². The molecule has 0 radical (unpaired) electrons. The summed E-state index contributed by atoms with van der Waals surface area (Å²) in [6, 6.07) is 0.598. The Morgan fingerprint density at radius 2 is 2.29 bits per heavy atom. The number of carbonyl (C=O) groups excluding carboxylic acids is 1. The molecule has 82 valence electrons. The van der Waals surface area contributed by atoms with Crippen LogP contribution in [0.25, 0.3) is 0 Å². The Labute approximate surface area is 85.6 Å². The van der Waals surface area contributed by atoms with Crippen molar-refractivity contribution in [3.05, 3.63) is 0 Å². The van der Waals surface area contributed by atoms with Crippen molar-refractivity contribution in [2.24, 2.45) is 5.73 Å². The van der Waals surface area contributed by atoms with E-state index in [4.69, 9.17) is 5.73 Å². The van der Waals surface area contributed by atoms with Crippen LogP contribution in [0.4, 0.5) is 4.79 Å². The van der Waals surface area contributed by atoms with Gasteiger partial charge in [-0.1, -0.05) is 6.92 Å². The normalized spacial score (nSPS) is 18.4. The highest BCUT2D eigenvalue weighted by molar-refractivity contribution is 5.74. The molecule has 1 unspecified atom stereocenters. The van der Waals surface area contributed by atoms with Gasteiger partial charge in [-0.15, -0.1) is 0 Å². The largest absolute Gasteiger partial charge is 0.335 e. The van der Waals surface area contributed by atoms with Gasteiger partial charge >= 0.3 is 6.03 Å². The summed E-state index contributed by atoms with van der Waals surface area (Å²) in [7, 11) is 0. The van der Waals surface area contributed by atoms with E-state index in [0.29, 0.717) is 12.6 Å². The molecule has 0 aromatic carbocycles. The van der Waals surface area contributed by atoms with Crippen molar-refractivity contribution >= 4 is 6.03 Å². The fourth-order valence-electron chi connectivity index (χ4n) is 1.54. The molecule has 1 saturated carbocycles. The molecule has 0 aromatic rings. The third-order valence-corrected chi connectivity index (χ3v) is 2.78. The van der Waals surface area contributed by atoms with Crippen LogP contribution in [0.15, 0.2) is 0 Å². The van der Waals surface area contributed by atoms with Gasteiger partial charge in [-0.25, -0.2) is 4.79 Å². The van der Waals surface area contributed by atoms with E-state index >= 15 is 0 Å². The van der Waals surface area contributed by atoms with Crippen molar-refractivity contribution in [3.63, 3.8) is 0 Å². The SMILES string of the molecule is CCC(CCN)NC(=O)NC1CCC1. The molecule has 1 atom stereocenters. The van der Waals surface area contributed by atoms with Crippen LogP contribution in [-0.4, -0.2) is 24.7 Å². The van der Waals surface area contributed by atoms with Gasteiger partial charge in [-0.2, -0.15) is 0 Å². The first-order valence-electron chi connectivity index (χ1n) is 5.53. The number of urea groups is 1.